The minimum absolute atomic E-state index is 0.249. The Bertz CT molecular complexity index is 2400. The van der Waals surface area contributed by atoms with Crippen LogP contribution in [0.2, 0.25) is 0 Å². The summed E-state index contributed by atoms with van der Waals surface area (Å²) in [5.41, 5.74) is 9.88. The third-order valence-electron chi connectivity index (χ3n) is 9.08. The minimum atomic E-state index is -1.21. The lowest BCUT2D eigenvalue weighted by Crippen LogP contribution is -2.28. The van der Waals surface area contributed by atoms with Crippen LogP contribution in [0.15, 0.2) is 147 Å². The molecule has 3 aromatic heterocycles. The lowest BCUT2D eigenvalue weighted by molar-refractivity contribution is 0.0935. The zero-order chi connectivity index (χ0) is 32.2. The molecule has 0 saturated carbocycles. The number of benzene rings is 5. The average Bonchev–Trinajstić information content (AvgIpc) is 3.62. The monoisotopic (exact) mass is 622 g/mol. The Morgan fingerprint density at radius 3 is 1.69 bits per heavy atom. The van der Waals surface area contributed by atoms with E-state index in [9.17, 15) is 9.90 Å². The van der Waals surface area contributed by atoms with Gasteiger partial charge < -0.3 is 9.67 Å². The highest BCUT2D eigenvalue weighted by Gasteiger charge is 2.40. The van der Waals surface area contributed by atoms with E-state index in [1.807, 2.05) is 66.7 Å². The minimum Gasteiger partial charge on any atom is -0.369 e. The number of anilines is 1. The normalized spacial score (nSPS) is 14.1. The van der Waals surface area contributed by atoms with E-state index in [0.717, 1.165) is 60.9 Å². The Hall–Kier alpha value is -6.51. The summed E-state index contributed by atoms with van der Waals surface area (Å²) < 4.78 is 2.14. The number of para-hydroxylation sites is 1. The van der Waals surface area contributed by atoms with Crippen LogP contribution >= 0.6 is 0 Å². The third-order valence-corrected chi connectivity index (χ3v) is 9.08. The summed E-state index contributed by atoms with van der Waals surface area (Å²) in [5, 5.41) is 14.1. The summed E-state index contributed by atoms with van der Waals surface area (Å²) in [6, 6.07) is 35.8. The van der Waals surface area contributed by atoms with Crippen LogP contribution in [0.5, 0.6) is 0 Å². The highest BCUT2D eigenvalue weighted by molar-refractivity contribution is 6.15. The molecule has 9 rings (SSSR count). The predicted octanol–water partition coefficient (Wildman–Crippen LogP) is 8.02. The van der Waals surface area contributed by atoms with Crippen molar-refractivity contribution in [2.45, 2.75) is 6.23 Å². The van der Waals surface area contributed by atoms with Crippen LogP contribution in [0.1, 0.15) is 22.1 Å². The van der Waals surface area contributed by atoms with E-state index in [0.29, 0.717) is 16.8 Å². The zero-order valence-corrected chi connectivity index (χ0v) is 25.5. The quantitative estimate of drug-likeness (QED) is 0.209. The van der Waals surface area contributed by atoms with Crippen LogP contribution < -0.4 is 4.90 Å². The second-order valence-corrected chi connectivity index (χ2v) is 11.7. The van der Waals surface area contributed by atoms with Gasteiger partial charge in [0.25, 0.3) is 5.91 Å². The van der Waals surface area contributed by atoms with E-state index < -0.39 is 6.23 Å². The van der Waals surface area contributed by atoms with Crippen molar-refractivity contribution in [2.24, 2.45) is 0 Å². The first kappa shape index (κ1) is 27.8. The van der Waals surface area contributed by atoms with Crippen molar-refractivity contribution in [1.29, 1.82) is 0 Å². The van der Waals surface area contributed by atoms with E-state index >= 15 is 0 Å². The van der Waals surface area contributed by atoms with Crippen molar-refractivity contribution >= 4 is 33.4 Å². The molecule has 4 heterocycles. The summed E-state index contributed by atoms with van der Waals surface area (Å²) in [6.45, 7) is 0. The lowest BCUT2D eigenvalue weighted by Gasteiger charge is -2.25. The molecular formula is C40H26N6O2. The number of hydrogen-bond donors (Lipinski definition) is 1. The Kier molecular flexibility index (Phi) is 6.41. The van der Waals surface area contributed by atoms with E-state index in [1.165, 1.54) is 17.6 Å². The molecule has 5 aromatic carbocycles. The number of aliphatic hydroxyl groups is 1. The number of amides is 1. The van der Waals surface area contributed by atoms with Crippen LogP contribution in [0.3, 0.4) is 0 Å². The van der Waals surface area contributed by atoms with E-state index in [2.05, 4.69) is 60.9 Å². The van der Waals surface area contributed by atoms with Crippen molar-refractivity contribution < 1.29 is 9.90 Å². The van der Waals surface area contributed by atoms with Gasteiger partial charge in [0.05, 0.1) is 22.4 Å². The van der Waals surface area contributed by atoms with Crippen LogP contribution in [-0.4, -0.2) is 35.5 Å². The van der Waals surface area contributed by atoms with Crippen LogP contribution in [0, 0.1) is 0 Å². The second-order valence-electron chi connectivity index (χ2n) is 11.7. The number of hydrogen-bond acceptors (Lipinski definition) is 6. The number of fused-ring (bicyclic) bond motifs is 4. The fourth-order valence-corrected chi connectivity index (χ4v) is 6.90. The zero-order valence-electron chi connectivity index (χ0n) is 25.5. The molecule has 8 aromatic rings. The molecule has 8 heteroatoms. The number of carbonyl (C=O) groups excluding carboxylic acids is 1. The largest absolute Gasteiger partial charge is 0.369 e. The molecule has 0 saturated heterocycles. The first-order valence-corrected chi connectivity index (χ1v) is 15.6. The summed E-state index contributed by atoms with van der Waals surface area (Å²) in [7, 11) is 0. The van der Waals surface area contributed by atoms with Gasteiger partial charge in [-0.05, 0) is 59.2 Å². The molecule has 0 radical (unpaired) electrons. The molecule has 228 valence electrons. The Balaban J connectivity index is 1.26. The van der Waals surface area contributed by atoms with Crippen LogP contribution in [0.25, 0.3) is 60.9 Å². The highest BCUT2D eigenvalue weighted by Crippen LogP contribution is 2.45. The Morgan fingerprint density at radius 1 is 0.521 bits per heavy atom. The molecule has 1 unspecified atom stereocenters. The standard InChI is InChI=1S/C40H26N6O2/c47-39-31-10-6-12-37(38(31)40(48)46(39)34-11-5-4-9-30(34)25-7-2-1-3-8-25)45-35-15-13-26(28-19-41-23-42-20-28)17-32(35)33-18-27(14-16-36(33)45)29-21-43-24-44-22-29/h1-24,40,48H. The van der Waals surface area contributed by atoms with Crippen molar-refractivity contribution in [3.05, 3.63) is 158 Å². The van der Waals surface area contributed by atoms with Gasteiger partial charge in [0.15, 0.2) is 6.23 Å². The van der Waals surface area contributed by atoms with Crippen LogP contribution in [-0.2, 0) is 0 Å². The Labute approximate surface area is 275 Å². The molecule has 1 N–H and O–H groups in total. The first-order valence-electron chi connectivity index (χ1n) is 15.6. The maximum absolute atomic E-state index is 14.2. The maximum atomic E-state index is 14.2. The topological polar surface area (TPSA) is 97.0 Å². The van der Waals surface area contributed by atoms with Gasteiger partial charge in [-0.15, -0.1) is 0 Å². The summed E-state index contributed by atoms with van der Waals surface area (Å²) in [5.74, 6) is -0.249. The van der Waals surface area contributed by atoms with Crippen molar-refractivity contribution in [2.75, 3.05) is 4.90 Å². The summed E-state index contributed by atoms with van der Waals surface area (Å²) in [6.07, 6.45) is 9.03. The van der Waals surface area contributed by atoms with E-state index in [4.69, 9.17) is 0 Å². The summed E-state index contributed by atoms with van der Waals surface area (Å²) >= 11 is 0. The molecule has 48 heavy (non-hydrogen) atoms. The number of carbonyl (C=O) groups is 1. The molecule has 0 aliphatic carbocycles. The van der Waals surface area contributed by atoms with Crippen molar-refractivity contribution in [1.82, 2.24) is 24.5 Å². The van der Waals surface area contributed by atoms with Gasteiger partial charge in [0.2, 0.25) is 0 Å². The maximum Gasteiger partial charge on any atom is 0.261 e. The van der Waals surface area contributed by atoms with Gasteiger partial charge in [-0.2, -0.15) is 0 Å². The SMILES string of the molecule is O=C1c2cccc(-n3c4ccc(-c5cncnc5)cc4c4cc(-c5cncnc5)ccc43)c2C(O)N1c1ccccc1-c1ccccc1. The number of rotatable bonds is 5. The number of aliphatic hydroxyl groups excluding tert-OH is 1. The van der Waals surface area contributed by atoms with E-state index in [1.54, 1.807) is 30.9 Å². The van der Waals surface area contributed by atoms with E-state index in [-0.39, 0.29) is 5.91 Å². The summed E-state index contributed by atoms with van der Waals surface area (Å²) in [4.78, 5) is 32.6. The van der Waals surface area contributed by atoms with Gasteiger partial charge in [0, 0.05) is 63.4 Å². The highest BCUT2D eigenvalue weighted by atomic mass is 16.3. The molecule has 0 spiro atoms. The molecule has 0 bridgehead atoms. The first-order chi connectivity index (χ1) is 23.7. The molecule has 0 fully saturated rings. The molecule has 1 aliphatic heterocycles. The fourth-order valence-electron chi connectivity index (χ4n) is 6.90. The average molecular weight is 623 g/mol. The van der Waals surface area contributed by atoms with Crippen molar-refractivity contribution in [3.8, 4) is 39.1 Å². The number of aromatic nitrogens is 5. The third kappa shape index (κ3) is 4.31. The molecular weight excluding hydrogens is 596 g/mol. The number of nitrogens with zero attached hydrogens (tertiary/aromatic N) is 6. The fraction of sp³-hybridized carbons (Fsp3) is 0.0250. The molecule has 8 nitrogen and oxygen atoms in total. The predicted molar refractivity (Wildman–Crippen MR) is 186 cm³/mol. The molecule has 1 atom stereocenters. The van der Waals surface area contributed by atoms with Gasteiger partial charge in [-0.25, -0.2) is 19.9 Å². The molecule has 1 amide bonds. The van der Waals surface area contributed by atoms with Gasteiger partial charge in [-0.3, -0.25) is 9.69 Å². The van der Waals surface area contributed by atoms with Gasteiger partial charge in [-0.1, -0.05) is 66.7 Å². The van der Waals surface area contributed by atoms with Crippen molar-refractivity contribution in [3.63, 3.8) is 0 Å². The smallest absolute Gasteiger partial charge is 0.261 e. The molecule has 1 aliphatic rings. The second kappa shape index (κ2) is 11.1. The van der Waals surface area contributed by atoms with Gasteiger partial charge in [0.1, 0.15) is 12.7 Å². The lowest BCUT2D eigenvalue weighted by atomic mass is 10.0. The Morgan fingerprint density at radius 2 is 1.06 bits per heavy atom. The van der Waals surface area contributed by atoms with Gasteiger partial charge >= 0.3 is 0 Å². The van der Waals surface area contributed by atoms with Crippen LogP contribution in [0.4, 0.5) is 5.69 Å².